The van der Waals surface area contributed by atoms with E-state index in [0.717, 1.165) is 0 Å². The second kappa shape index (κ2) is 5.79. The van der Waals surface area contributed by atoms with Crippen LogP contribution in [-0.4, -0.2) is 30.1 Å². The summed E-state index contributed by atoms with van der Waals surface area (Å²) in [5.41, 5.74) is 2.85. The van der Waals surface area contributed by atoms with E-state index in [1.807, 2.05) is 6.08 Å². The Hall–Kier alpha value is -0.281. The molecule has 0 aromatic heterocycles. The molecule has 100 valence electrons. The molecule has 0 unspecified atom stereocenters. The standard InChI is InChI=1S/C13H17O.3CH3.Sn/c1-13(2,3)12-8-6-11(7-9-12)5-4-10-14;;;;/h4,6-9,14H,10H2,1-3H3;3*1H3;. The molecular formula is C16H26OSn. The molecule has 0 aliphatic rings. The van der Waals surface area contributed by atoms with E-state index in [4.69, 9.17) is 0 Å². The molecule has 1 N–H and O–H groups in total. The Morgan fingerprint density at radius 1 is 1.11 bits per heavy atom. The van der Waals surface area contributed by atoms with Crippen LogP contribution in [0.2, 0.25) is 14.8 Å². The fourth-order valence-electron chi connectivity index (χ4n) is 2.10. The van der Waals surface area contributed by atoms with Gasteiger partial charge in [-0.25, -0.2) is 0 Å². The zero-order chi connectivity index (χ0) is 14.0. The van der Waals surface area contributed by atoms with Crippen LogP contribution in [0.25, 0.3) is 3.59 Å². The summed E-state index contributed by atoms with van der Waals surface area (Å²) >= 11 is -2.16. The van der Waals surface area contributed by atoms with Crippen LogP contribution >= 0.6 is 0 Å². The molecule has 1 aromatic carbocycles. The van der Waals surface area contributed by atoms with E-state index in [-0.39, 0.29) is 12.0 Å². The maximum atomic E-state index is 9.20. The van der Waals surface area contributed by atoms with Gasteiger partial charge in [0.15, 0.2) is 0 Å². The summed E-state index contributed by atoms with van der Waals surface area (Å²) in [6.45, 7) is 6.84. The summed E-state index contributed by atoms with van der Waals surface area (Å²) in [7, 11) is 0. The Balaban J connectivity index is 3.14. The summed E-state index contributed by atoms with van der Waals surface area (Å²) in [6, 6.07) is 8.87. The molecule has 0 bridgehead atoms. The van der Waals surface area contributed by atoms with Crippen LogP contribution in [0.5, 0.6) is 0 Å². The van der Waals surface area contributed by atoms with Gasteiger partial charge in [-0.05, 0) is 0 Å². The molecule has 1 aromatic rings. The summed E-state index contributed by atoms with van der Waals surface area (Å²) < 4.78 is 1.41. The first-order valence-electron chi connectivity index (χ1n) is 6.58. The van der Waals surface area contributed by atoms with Crippen LogP contribution in [0, 0.1) is 0 Å². The summed E-state index contributed by atoms with van der Waals surface area (Å²) in [5, 5.41) is 9.20. The first-order valence-corrected chi connectivity index (χ1v) is 16.6. The Morgan fingerprint density at radius 3 is 1.94 bits per heavy atom. The van der Waals surface area contributed by atoms with Gasteiger partial charge >= 0.3 is 116 Å². The quantitative estimate of drug-likeness (QED) is 0.807. The molecular weight excluding hydrogens is 327 g/mol. The van der Waals surface area contributed by atoms with E-state index in [0.29, 0.717) is 0 Å². The Labute approximate surface area is 116 Å². The fraction of sp³-hybridized carbons (Fsp3) is 0.500. The van der Waals surface area contributed by atoms with Crippen molar-refractivity contribution in [3.8, 4) is 0 Å². The summed E-state index contributed by atoms with van der Waals surface area (Å²) in [6.07, 6.45) is 2.00. The van der Waals surface area contributed by atoms with Crippen molar-refractivity contribution in [2.75, 3.05) is 6.61 Å². The second-order valence-electron chi connectivity index (χ2n) is 6.88. The van der Waals surface area contributed by atoms with Crippen LogP contribution in [0.4, 0.5) is 0 Å². The Bertz CT molecular complexity index is 416. The molecule has 1 nitrogen and oxygen atoms in total. The number of hydrogen-bond acceptors (Lipinski definition) is 1. The third kappa shape index (κ3) is 4.13. The first-order chi connectivity index (χ1) is 8.16. The van der Waals surface area contributed by atoms with E-state index >= 15 is 0 Å². The molecule has 0 aliphatic heterocycles. The predicted molar refractivity (Wildman–Crippen MR) is 83.6 cm³/mol. The van der Waals surface area contributed by atoms with Crippen LogP contribution in [-0.2, 0) is 5.41 Å². The molecule has 0 saturated heterocycles. The SMILES string of the molecule is CC(C)(C)c1ccc(/[C](=C/CO)[Sn]([CH3])([CH3])[CH3])cc1. The van der Waals surface area contributed by atoms with E-state index < -0.39 is 18.4 Å². The maximum absolute atomic E-state index is 9.20. The second-order valence-corrected chi connectivity index (χ2v) is 21.3. The third-order valence-corrected chi connectivity index (χ3v) is 9.18. The Kier molecular flexibility index (Phi) is 5.07. The van der Waals surface area contributed by atoms with Crippen molar-refractivity contribution in [3.05, 3.63) is 41.5 Å². The van der Waals surface area contributed by atoms with E-state index in [2.05, 4.69) is 59.9 Å². The van der Waals surface area contributed by atoms with Gasteiger partial charge in [0.05, 0.1) is 0 Å². The molecule has 0 radical (unpaired) electrons. The molecule has 0 spiro atoms. The normalized spacial score (nSPS) is 13.8. The van der Waals surface area contributed by atoms with E-state index in [1.165, 1.54) is 14.7 Å². The van der Waals surface area contributed by atoms with E-state index in [9.17, 15) is 5.11 Å². The number of aliphatic hydroxyl groups is 1. The van der Waals surface area contributed by atoms with Gasteiger partial charge < -0.3 is 0 Å². The summed E-state index contributed by atoms with van der Waals surface area (Å²) in [4.78, 5) is 7.15. The van der Waals surface area contributed by atoms with Crippen LogP contribution in [0.1, 0.15) is 31.9 Å². The zero-order valence-electron chi connectivity index (χ0n) is 12.5. The number of benzene rings is 1. The van der Waals surface area contributed by atoms with Crippen molar-refractivity contribution in [1.29, 1.82) is 0 Å². The van der Waals surface area contributed by atoms with Gasteiger partial charge in [-0.15, -0.1) is 0 Å². The third-order valence-electron chi connectivity index (χ3n) is 3.17. The van der Waals surface area contributed by atoms with Crippen molar-refractivity contribution in [3.63, 3.8) is 0 Å². The van der Waals surface area contributed by atoms with Gasteiger partial charge in [-0.3, -0.25) is 0 Å². The molecule has 0 atom stereocenters. The van der Waals surface area contributed by atoms with Gasteiger partial charge in [0.2, 0.25) is 0 Å². The average molecular weight is 353 g/mol. The van der Waals surface area contributed by atoms with Crippen molar-refractivity contribution < 1.29 is 5.11 Å². The minimum atomic E-state index is -2.16. The predicted octanol–water partition coefficient (Wildman–Crippen LogP) is 4.24. The van der Waals surface area contributed by atoms with Crippen molar-refractivity contribution >= 4 is 22.0 Å². The molecule has 0 amide bonds. The summed E-state index contributed by atoms with van der Waals surface area (Å²) in [5.74, 6) is 0. The minimum absolute atomic E-state index is 0.143. The van der Waals surface area contributed by atoms with Crippen molar-refractivity contribution in [2.45, 2.75) is 41.0 Å². The first kappa shape index (κ1) is 15.8. The van der Waals surface area contributed by atoms with Crippen LogP contribution < -0.4 is 0 Å². The topological polar surface area (TPSA) is 20.2 Å². The van der Waals surface area contributed by atoms with Crippen LogP contribution in [0.15, 0.2) is 30.3 Å². The number of rotatable bonds is 3. The zero-order valence-corrected chi connectivity index (χ0v) is 15.4. The van der Waals surface area contributed by atoms with Gasteiger partial charge in [0.25, 0.3) is 0 Å². The average Bonchev–Trinajstić information content (AvgIpc) is 2.23. The molecule has 0 fully saturated rings. The van der Waals surface area contributed by atoms with Gasteiger partial charge in [0, 0.05) is 0 Å². The number of hydrogen-bond donors (Lipinski definition) is 1. The molecule has 18 heavy (non-hydrogen) atoms. The van der Waals surface area contributed by atoms with Crippen molar-refractivity contribution in [2.24, 2.45) is 0 Å². The van der Waals surface area contributed by atoms with Gasteiger partial charge in [-0.2, -0.15) is 0 Å². The number of aliphatic hydroxyl groups excluding tert-OH is 1. The molecule has 1 rings (SSSR count). The van der Waals surface area contributed by atoms with Gasteiger partial charge in [-0.1, -0.05) is 0 Å². The van der Waals surface area contributed by atoms with Crippen molar-refractivity contribution in [1.82, 2.24) is 0 Å². The van der Waals surface area contributed by atoms with E-state index in [1.54, 1.807) is 0 Å². The molecule has 0 aliphatic carbocycles. The molecule has 2 heteroatoms. The Morgan fingerprint density at radius 2 is 1.61 bits per heavy atom. The van der Waals surface area contributed by atoms with Crippen LogP contribution in [0.3, 0.4) is 0 Å². The molecule has 0 saturated carbocycles. The fourth-order valence-corrected chi connectivity index (χ4v) is 7.05. The monoisotopic (exact) mass is 354 g/mol. The van der Waals surface area contributed by atoms with Gasteiger partial charge in [0.1, 0.15) is 0 Å². The molecule has 0 heterocycles.